The summed E-state index contributed by atoms with van der Waals surface area (Å²) in [6, 6.07) is 5.45. The lowest BCUT2D eigenvalue weighted by Crippen LogP contribution is -2.13. The molecule has 0 saturated carbocycles. The van der Waals surface area contributed by atoms with Gasteiger partial charge in [0.25, 0.3) is 5.91 Å². The van der Waals surface area contributed by atoms with Crippen LogP contribution in [0.5, 0.6) is 0 Å². The second-order valence-corrected chi connectivity index (χ2v) is 4.24. The van der Waals surface area contributed by atoms with E-state index in [1.54, 1.807) is 13.0 Å². The summed E-state index contributed by atoms with van der Waals surface area (Å²) in [7, 11) is 0. The van der Waals surface area contributed by atoms with Crippen molar-refractivity contribution in [3.8, 4) is 11.8 Å². The Morgan fingerprint density at radius 3 is 2.90 bits per heavy atom. The second kappa shape index (κ2) is 6.04. The fourth-order valence-corrected chi connectivity index (χ4v) is 1.68. The van der Waals surface area contributed by atoms with Gasteiger partial charge in [-0.15, -0.1) is 0 Å². The van der Waals surface area contributed by atoms with Crippen LogP contribution >= 0.6 is 0 Å². The van der Waals surface area contributed by atoms with Gasteiger partial charge in [-0.05, 0) is 31.5 Å². The third kappa shape index (κ3) is 3.05. The normalized spacial score (nSPS) is 9.75. The number of aliphatic hydroxyl groups is 1. The number of aliphatic hydroxyl groups excluding tert-OH is 1. The van der Waals surface area contributed by atoms with Crippen LogP contribution in [0.2, 0.25) is 0 Å². The summed E-state index contributed by atoms with van der Waals surface area (Å²) in [5, 5.41) is 15.1. The van der Waals surface area contributed by atoms with Crippen LogP contribution in [0.25, 0.3) is 0 Å². The maximum atomic E-state index is 12.1. The third-order valence-corrected chi connectivity index (χ3v) is 2.79. The lowest BCUT2D eigenvalue weighted by molar-refractivity contribution is 0.102. The fraction of sp³-hybridized carbons (Fsp3) is 0.200. The van der Waals surface area contributed by atoms with Crippen LogP contribution < -0.4 is 5.32 Å². The lowest BCUT2D eigenvalue weighted by atomic mass is 10.1. The standard InChI is InChI=1S/C15H14N2O3/c1-10-5-6-12(4-3-7-18)8-14(10)17-15(19)13-9-16-20-11(13)2/h5-6,8-9,18H,7H2,1-2H3,(H,17,19). The van der Waals surface area contributed by atoms with Gasteiger partial charge >= 0.3 is 0 Å². The molecule has 0 bridgehead atoms. The Labute approximate surface area is 116 Å². The van der Waals surface area contributed by atoms with Crippen molar-refractivity contribution in [3.05, 3.63) is 46.8 Å². The Bertz CT molecular complexity index is 693. The summed E-state index contributed by atoms with van der Waals surface area (Å²) in [6.07, 6.45) is 1.38. The van der Waals surface area contributed by atoms with E-state index < -0.39 is 0 Å². The molecule has 0 spiro atoms. The molecule has 2 N–H and O–H groups in total. The van der Waals surface area contributed by atoms with Gasteiger partial charge in [-0.3, -0.25) is 4.79 Å². The Morgan fingerprint density at radius 1 is 1.45 bits per heavy atom. The van der Waals surface area contributed by atoms with Crippen molar-refractivity contribution < 1.29 is 14.4 Å². The molecule has 5 nitrogen and oxygen atoms in total. The Hall–Kier alpha value is -2.58. The molecule has 102 valence electrons. The summed E-state index contributed by atoms with van der Waals surface area (Å²) < 4.78 is 4.87. The van der Waals surface area contributed by atoms with Gasteiger partial charge in [0.15, 0.2) is 0 Å². The van der Waals surface area contributed by atoms with Crippen LogP contribution in [0.1, 0.15) is 27.2 Å². The number of benzene rings is 1. The van der Waals surface area contributed by atoms with Gasteiger partial charge < -0.3 is 14.9 Å². The molecule has 0 aliphatic carbocycles. The molecule has 0 aliphatic heterocycles. The van der Waals surface area contributed by atoms with Gasteiger partial charge in [-0.2, -0.15) is 0 Å². The van der Waals surface area contributed by atoms with Crippen LogP contribution in [0.15, 0.2) is 28.9 Å². The number of hydrogen-bond acceptors (Lipinski definition) is 4. The van der Waals surface area contributed by atoms with Crippen molar-refractivity contribution in [1.82, 2.24) is 5.16 Å². The number of carbonyl (C=O) groups excluding carboxylic acids is 1. The van der Waals surface area contributed by atoms with E-state index in [-0.39, 0.29) is 12.5 Å². The molecule has 2 aromatic rings. The highest BCUT2D eigenvalue weighted by atomic mass is 16.5. The van der Waals surface area contributed by atoms with E-state index >= 15 is 0 Å². The average molecular weight is 270 g/mol. The zero-order chi connectivity index (χ0) is 14.5. The summed E-state index contributed by atoms with van der Waals surface area (Å²) in [5.74, 6) is 5.56. The molecule has 0 unspecified atom stereocenters. The number of anilines is 1. The Kier molecular flexibility index (Phi) is 4.18. The van der Waals surface area contributed by atoms with Gasteiger partial charge in [0.2, 0.25) is 0 Å². The topological polar surface area (TPSA) is 75.4 Å². The monoisotopic (exact) mass is 270 g/mol. The minimum absolute atomic E-state index is 0.199. The highest BCUT2D eigenvalue weighted by molar-refractivity contribution is 6.05. The van der Waals surface area contributed by atoms with Crippen molar-refractivity contribution in [2.75, 3.05) is 11.9 Å². The highest BCUT2D eigenvalue weighted by Gasteiger charge is 2.13. The van der Waals surface area contributed by atoms with Gasteiger partial charge in [-0.25, -0.2) is 0 Å². The van der Waals surface area contributed by atoms with Crippen molar-refractivity contribution in [3.63, 3.8) is 0 Å². The molecule has 2 rings (SSSR count). The van der Waals surface area contributed by atoms with Crippen LogP contribution in [0.3, 0.4) is 0 Å². The van der Waals surface area contributed by atoms with E-state index in [4.69, 9.17) is 9.63 Å². The van der Waals surface area contributed by atoms with E-state index in [1.807, 2.05) is 19.1 Å². The van der Waals surface area contributed by atoms with E-state index in [0.717, 1.165) is 11.1 Å². The van der Waals surface area contributed by atoms with Gasteiger partial charge in [-0.1, -0.05) is 23.1 Å². The summed E-state index contributed by atoms with van der Waals surface area (Å²) >= 11 is 0. The second-order valence-electron chi connectivity index (χ2n) is 4.24. The number of aryl methyl sites for hydroxylation is 2. The Morgan fingerprint density at radius 2 is 2.25 bits per heavy atom. The third-order valence-electron chi connectivity index (χ3n) is 2.79. The van der Waals surface area contributed by atoms with E-state index in [1.165, 1.54) is 6.20 Å². The molecular formula is C15H14N2O3. The van der Waals surface area contributed by atoms with Crippen LogP contribution in [0.4, 0.5) is 5.69 Å². The van der Waals surface area contributed by atoms with Crippen molar-refractivity contribution >= 4 is 11.6 Å². The van der Waals surface area contributed by atoms with Gasteiger partial charge in [0.1, 0.15) is 17.9 Å². The van der Waals surface area contributed by atoms with Gasteiger partial charge in [0.05, 0.1) is 6.20 Å². The first-order valence-electron chi connectivity index (χ1n) is 6.05. The molecule has 1 aromatic heterocycles. The van der Waals surface area contributed by atoms with Crippen molar-refractivity contribution in [2.45, 2.75) is 13.8 Å². The first-order chi connectivity index (χ1) is 9.61. The molecule has 1 amide bonds. The highest BCUT2D eigenvalue weighted by Crippen LogP contribution is 2.18. The largest absolute Gasteiger partial charge is 0.384 e. The van der Waals surface area contributed by atoms with Crippen LogP contribution in [0, 0.1) is 25.7 Å². The lowest BCUT2D eigenvalue weighted by Gasteiger charge is -2.08. The molecular weight excluding hydrogens is 256 g/mol. The first kappa shape index (κ1) is 13.8. The van der Waals surface area contributed by atoms with Crippen molar-refractivity contribution in [1.29, 1.82) is 0 Å². The molecule has 0 atom stereocenters. The molecule has 5 heteroatoms. The minimum Gasteiger partial charge on any atom is -0.384 e. The number of rotatable bonds is 2. The number of carbonyl (C=O) groups is 1. The van der Waals surface area contributed by atoms with E-state index in [0.29, 0.717) is 17.0 Å². The molecule has 1 aromatic carbocycles. The smallest absolute Gasteiger partial charge is 0.260 e. The number of nitrogens with zero attached hydrogens (tertiary/aromatic N) is 1. The average Bonchev–Trinajstić information content (AvgIpc) is 2.86. The summed E-state index contributed by atoms with van der Waals surface area (Å²) in [4.78, 5) is 12.1. The minimum atomic E-state index is -0.279. The SMILES string of the molecule is Cc1ccc(C#CCO)cc1NC(=O)c1cnoc1C. The quantitative estimate of drug-likeness (QED) is 0.817. The summed E-state index contributed by atoms with van der Waals surface area (Å²) in [5.41, 5.74) is 2.71. The molecule has 0 radical (unpaired) electrons. The number of aromatic nitrogens is 1. The zero-order valence-corrected chi connectivity index (χ0v) is 11.2. The van der Waals surface area contributed by atoms with Crippen LogP contribution in [-0.4, -0.2) is 22.8 Å². The predicted octanol–water partition coefficient (Wildman–Crippen LogP) is 1.89. The van der Waals surface area contributed by atoms with E-state index in [9.17, 15) is 4.79 Å². The number of hydrogen-bond donors (Lipinski definition) is 2. The Balaban J connectivity index is 2.25. The van der Waals surface area contributed by atoms with Gasteiger partial charge in [0, 0.05) is 11.3 Å². The van der Waals surface area contributed by atoms with Crippen molar-refractivity contribution in [2.24, 2.45) is 0 Å². The van der Waals surface area contributed by atoms with E-state index in [2.05, 4.69) is 22.3 Å². The predicted molar refractivity (Wildman–Crippen MR) is 74.3 cm³/mol. The molecule has 1 heterocycles. The number of nitrogens with one attached hydrogen (secondary N) is 1. The maximum absolute atomic E-state index is 12.1. The maximum Gasteiger partial charge on any atom is 0.260 e. The number of amides is 1. The first-order valence-corrected chi connectivity index (χ1v) is 6.05. The molecule has 0 saturated heterocycles. The molecule has 20 heavy (non-hydrogen) atoms. The van der Waals surface area contributed by atoms with Crippen LogP contribution in [-0.2, 0) is 0 Å². The summed E-state index contributed by atoms with van der Waals surface area (Å²) in [6.45, 7) is 3.37. The fourth-order valence-electron chi connectivity index (χ4n) is 1.68. The molecule has 0 aliphatic rings. The zero-order valence-electron chi connectivity index (χ0n) is 11.2. The molecule has 0 fully saturated rings.